The molecule has 0 fully saturated rings. The van der Waals surface area contributed by atoms with Crippen LogP contribution in [-0.4, -0.2) is 14.4 Å². The number of sulfone groups is 1. The highest BCUT2D eigenvalue weighted by Crippen LogP contribution is 2.20. The second-order valence-electron chi connectivity index (χ2n) is 6.90. The van der Waals surface area contributed by atoms with Gasteiger partial charge in [0.25, 0.3) is 0 Å². The third-order valence-corrected chi connectivity index (χ3v) is 6.32. The number of hydrogen-bond acceptors (Lipinski definition) is 4. The van der Waals surface area contributed by atoms with Gasteiger partial charge in [0.2, 0.25) is 0 Å². The number of hydrogen-bond donors (Lipinski definition) is 0. The van der Waals surface area contributed by atoms with E-state index in [0.717, 1.165) is 16.7 Å². The zero-order valence-electron chi connectivity index (χ0n) is 16.1. The smallest absolute Gasteiger partial charge is 0.343 e. The molecule has 0 heterocycles. The second-order valence-corrected chi connectivity index (χ2v) is 8.89. The Hall–Kier alpha value is -2.92. The Balaban J connectivity index is 1.71. The van der Waals surface area contributed by atoms with Crippen LogP contribution in [0.2, 0.25) is 0 Å². The van der Waals surface area contributed by atoms with Gasteiger partial charge < -0.3 is 4.74 Å². The van der Waals surface area contributed by atoms with Gasteiger partial charge in [-0.05, 0) is 73.9 Å². The van der Waals surface area contributed by atoms with Crippen molar-refractivity contribution in [1.29, 1.82) is 0 Å². The third kappa shape index (κ3) is 4.67. The van der Waals surface area contributed by atoms with Gasteiger partial charge in [-0.25, -0.2) is 13.2 Å². The molecule has 0 aliphatic rings. The van der Waals surface area contributed by atoms with Crippen LogP contribution < -0.4 is 4.74 Å². The maximum Gasteiger partial charge on any atom is 0.343 e. The summed E-state index contributed by atoms with van der Waals surface area (Å²) < 4.78 is 30.5. The van der Waals surface area contributed by atoms with Gasteiger partial charge >= 0.3 is 5.97 Å². The largest absolute Gasteiger partial charge is 0.423 e. The normalized spacial score (nSPS) is 11.2. The molecule has 0 saturated heterocycles. The van der Waals surface area contributed by atoms with Crippen LogP contribution in [0.25, 0.3) is 0 Å². The Morgan fingerprint density at radius 3 is 2.07 bits per heavy atom. The van der Waals surface area contributed by atoms with E-state index in [1.54, 1.807) is 54.6 Å². The van der Waals surface area contributed by atoms with Crippen molar-refractivity contribution in [3.63, 3.8) is 0 Å². The Morgan fingerprint density at radius 2 is 1.46 bits per heavy atom. The molecule has 5 heteroatoms. The number of rotatable bonds is 5. The van der Waals surface area contributed by atoms with Crippen LogP contribution >= 0.6 is 0 Å². The Bertz CT molecular complexity index is 1100. The van der Waals surface area contributed by atoms with Gasteiger partial charge in [0.1, 0.15) is 5.75 Å². The number of aryl methyl sites for hydroxylation is 3. The Labute approximate surface area is 165 Å². The summed E-state index contributed by atoms with van der Waals surface area (Å²) in [4.78, 5) is 12.6. The van der Waals surface area contributed by atoms with Gasteiger partial charge in [0.15, 0.2) is 9.84 Å². The highest BCUT2D eigenvalue weighted by atomic mass is 32.2. The Morgan fingerprint density at radius 1 is 0.821 bits per heavy atom. The Kier molecular flexibility index (Phi) is 5.66. The van der Waals surface area contributed by atoms with E-state index in [2.05, 4.69) is 0 Å². The van der Waals surface area contributed by atoms with Crippen molar-refractivity contribution in [2.24, 2.45) is 0 Å². The van der Waals surface area contributed by atoms with Crippen molar-refractivity contribution in [2.75, 3.05) is 0 Å². The third-order valence-electron chi connectivity index (χ3n) is 4.62. The molecule has 0 amide bonds. The lowest BCUT2D eigenvalue weighted by molar-refractivity contribution is 0.0734. The topological polar surface area (TPSA) is 60.4 Å². The predicted octanol–water partition coefficient (Wildman–Crippen LogP) is 4.80. The highest BCUT2D eigenvalue weighted by molar-refractivity contribution is 7.90. The molecule has 4 nitrogen and oxygen atoms in total. The van der Waals surface area contributed by atoms with Gasteiger partial charge in [0, 0.05) is 0 Å². The standard InChI is InChI=1S/C23H22O4S/c1-16-4-12-22(13-5-16)28(25,26)15-19-7-9-20(10-8-19)23(24)27-21-11-6-17(2)18(3)14-21/h4-14H,15H2,1-3H3. The van der Waals surface area contributed by atoms with Gasteiger partial charge in [-0.1, -0.05) is 35.9 Å². The van der Waals surface area contributed by atoms with Crippen LogP contribution in [0.15, 0.2) is 71.6 Å². The SMILES string of the molecule is Cc1ccc(S(=O)(=O)Cc2ccc(C(=O)Oc3ccc(C)c(C)c3)cc2)cc1. The summed E-state index contributed by atoms with van der Waals surface area (Å²) in [6.45, 7) is 5.85. The van der Waals surface area contributed by atoms with E-state index in [1.807, 2.05) is 32.9 Å². The molecule has 28 heavy (non-hydrogen) atoms. The molecule has 144 valence electrons. The van der Waals surface area contributed by atoms with E-state index in [0.29, 0.717) is 16.9 Å². The molecule has 0 atom stereocenters. The summed E-state index contributed by atoms with van der Waals surface area (Å²) in [7, 11) is -3.44. The molecule has 0 bridgehead atoms. The molecule has 0 aromatic heterocycles. The van der Waals surface area contributed by atoms with Crippen LogP contribution in [0.4, 0.5) is 0 Å². The number of benzene rings is 3. The zero-order chi connectivity index (χ0) is 20.3. The van der Waals surface area contributed by atoms with Crippen LogP contribution in [0, 0.1) is 20.8 Å². The summed E-state index contributed by atoms with van der Waals surface area (Å²) >= 11 is 0. The fourth-order valence-corrected chi connectivity index (χ4v) is 4.08. The van der Waals surface area contributed by atoms with Crippen LogP contribution in [0.1, 0.15) is 32.6 Å². The van der Waals surface area contributed by atoms with Crippen LogP contribution in [-0.2, 0) is 15.6 Å². The first-order chi connectivity index (χ1) is 13.2. The van der Waals surface area contributed by atoms with Gasteiger partial charge in [-0.3, -0.25) is 0 Å². The van der Waals surface area contributed by atoms with Gasteiger partial charge in [-0.2, -0.15) is 0 Å². The molecule has 3 aromatic carbocycles. The number of carbonyl (C=O) groups is 1. The van der Waals surface area contributed by atoms with Crippen LogP contribution in [0.5, 0.6) is 5.75 Å². The molecule has 0 saturated carbocycles. The zero-order valence-corrected chi connectivity index (χ0v) is 16.9. The first-order valence-electron chi connectivity index (χ1n) is 8.92. The predicted molar refractivity (Wildman–Crippen MR) is 109 cm³/mol. The molecule has 0 spiro atoms. The number of esters is 1. The van der Waals surface area contributed by atoms with E-state index in [4.69, 9.17) is 4.74 Å². The number of ether oxygens (including phenoxy) is 1. The van der Waals surface area contributed by atoms with Gasteiger partial charge in [0.05, 0.1) is 16.2 Å². The minimum atomic E-state index is -3.44. The fourth-order valence-electron chi connectivity index (χ4n) is 2.73. The monoisotopic (exact) mass is 394 g/mol. The quantitative estimate of drug-likeness (QED) is 0.460. The minimum Gasteiger partial charge on any atom is -0.423 e. The van der Waals surface area contributed by atoms with Crippen molar-refractivity contribution in [2.45, 2.75) is 31.4 Å². The van der Waals surface area contributed by atoms with E-state index < -0.39 is 15.8 Å². The maximum atomic E-state index is 12.5. The molecule has 0 aliphatic carbocycles. The first-order valence-corrected chi connectivity index (χ1v) is 10.6. The fraction of sp³-hybridized carbons (Fsp3) is 0.174. The van der Waals surface area contributed by atoms with Crippen molar-refractivity contribution < 1.29 is 17.9 Å². The minimum absolute atomic E-state index is 0.122. The summed E-state index contributed by atoms with van der Waals surface area (Å²) in [6.07, 6.45) is 0. The maximum absolute atomic E-state index is 12.5. The van der Waals surface area contributed by atoms with Crippen LogP contribution in [0.3, 0.4) is 0 Å². The lowest BCUT2D eigenvalue weighted by Crippen LogP contribution is -2.09. The molecule has 3 aromatic rings. The highest BCUT2D eigenvalue weighted by Gasteiger charge is 2.16. The van der Waals surface area contributed by atoms with Crippen molar-refractivity contribution in [1.82, 2.24) is 0 Å². The van der Waals surface area contributed by atoms with E-state index >= 15 is 0 Å². The molecular weight excluding hydrogens is 372 g/mol. The summed E-state index contributed by atoms with van der Waals surface area (Å²) in [6, 6.07) is 18.7. The summed E-state index contributed by atoms with van der Waals surface area (Å²) in [5.74, 6) is -0.113. The lowest BCUT2D eigenvalue weighted by Gasteiger charge is -2.08. The molecule has 0 N–H and O–H groups in total. The molecular formula is C23H22O4S. The molecule has 0 unspecified atom stereocenters. The molecule has 3 rings (SSSR count). The van der Waals surface area contributed by atoms with Crippen molar-refractivity contribution in [3.8, 4) is 5.75 Å². The van der Waals surface area contributed by atoms with E-state index in [1.165, 1.54) is 0 Å². The molecule has 0 radical (unpaired) electrons. The molecule has 0 aliphatic heterocycles. The average molecular weight is 394 g/mol. The van der Waals surface area contributed by atoms with E-state index in [9.17, 15) is 13.2 Å². The summed E-state index contributed by atoms with van der Waals surface area (Å²) in [5, 5.41) is 0. The van der Waals surface area contributed by atoms with Crippen molar-refractivity contribution in [3.05, 3.63) is 94.5 Å². The average Bonchev–Trinajstić information content (AvgIpc) is 2.65. The number of carbonyl (C=O) groups excluding carboxylic acids is 1. The van der Waals surface area contributed by atoms with Gasteiger partial charge in [-0.15, -0.1) is 0 Å². The second kappa shape index (κ2) is 7.98. The van der Waals surface area contributed by atoms with E-state index in [-0.39, 0.29) is 10.6 Å². The summed E-state index contributed by atoms with van der Waals surface area (Å²) in [5.41, 5.74) is 4.16. The lowest BCUT2D eigenvalue weighted by atomic mass is 10.1. The van der Waals surface area contributed by atoms with Crippen molar-refractivity contribution >= 4 is 15.8 Å². The first kappa shape index (κ1) is 19.8.